The summed E-state index contributed by atoms with van der Waals surface area (Å²) in [6.45, 7) is 4.75. The summed E-state index contributed by atoms with van der Waals surface area (Å²) in [6.07, 6.45) is 2.54. The summed E-state index contributed by atoms with van der Waals surface area (Å²) in [7, 11) is 0. The van der Waals surface area contributed by atoms with Gasteiger partial charge in [-0.1, -0.05) is 12.1 Å². The topological polar surface area (TPSA) is 53.1 Å². The Bertz CT molecular complexity index is 919. The van der Waals surface area contributed by atoms with Crippen molar-refractivity contribution in [2.24, 2.45) is 0 Å². The lowest BCUT2D eigenvalue weighted by Crippen LogP contribution is -2.17. The minimum absolute atomic E-state index is 0.238. The molecule has 6 heteroatoms. The lowest BCUT2D eigenvalue weighted by molar-refractivity contribution is 0.627. The van der Waals surface area contributed by atoms with Gasteiger partial charge < -0.3 is 15.5 Å². The van der Waals surface area contributed by atoms with Crippen LogP contribution in [0.3, 0.4) is 0 Å². The monoisotopic (exact) mass is 377 g/mol. The Balaban J connectivity index is 1.42. The number of aryl methyl sites for hydroxylation is 1. The molecule has 0 bridgehead atoms. The van der Waals surface area contributed by atoms with Crippen LogP contribution in [0.4, 0.5) is 27.5 Å². The Kier molecular flexibility index (Phi) is 5.37. The molecule has 0 unspecified atom stereocenters. The van der Waals surface area contributed by atoms with Crippen LogP contribution in [0, 0.1) is 12.7 Å². The van der Waals surface area contributed by atoms with E-state index in [4.69, 9.17) is 0 Å². The lowest BCUT2D eigenvalue weighted by atomic mass is 10.2. The average molecular weight is 377 g/mol. The van der Waals surface area contributed by atoms with Gasteiger partial charge in [0.15, 0.2) is 0 Å². The first-order chi connectivity index (χ1) is 13.7. The number of benzene rings is 2. The standard InChI is InChI=1S/C22H24FN5/c1-16-14-21(26-19-8-10-20(11-9-19)28-12-2-3-13-28)27-22(25-16)24-15-17-4-6-18(23)7-5-17/h4-11,14H,2-3,12-13,15H2,1H3,(H2,24,25,26,27). The molecule has 2 heterocycles. The summed E-state index contributed by atoms with van der Waals surface area (Å²) in [6, 6.07) is 16.8. The molecular formula is C22H24FN5. The second kappa shape index (κ2) is 8.25. The molecule has 3 aromatic rings. The molecule has 1 aliphatic rings. The molecule has 144 valence electrons. The molecule has 2 aromatic carbocycles. The van der Waals surface area contributed by atoms with E-state index < -0.39 is 0 Å². The third kappa shape index (κ3) is 4.57. The minimum atomic E-state index is -0.238. The quantitative estimate of drug-likeness (QED) is 0.641. The summed E-state index contributed by atoms with van der Waals surface area (Å²) >= 11 is 0. The van der Waals surface area contributed by atoms with Crippen molar-refractivity contribution in [3.63, 3.8) is 0 Å². The molecule has 28 heavy (non-hydrogen) atoms. The maximum atomic E-state index is 13.0. The van der Waals surface area contributed by atoms with Crippen molar-refractivity contribution in [3.8, 4) is 0 Å². The fourth-order valence-electron chi connectivity index (χ4n) is 3.37. The number of nitrogens with one attached hydrogen (secondary N) is 2. The highest BCUT2D eigenvalue weighted by Crippen LogP contribution is 2.24. The zero-order chi connectivity index (χ0) is 19.3. The fourth-order valence-corrected chi connectivity index (χ4v) is 3.37. The molecule has 0 radical (unpaired) electrons. The third-order valence-electron chi connectivity index (χ3n) is 4.83. The molecular weight excluding hydrogens is 353 g/mol. The van der Waals surface area contributed by atoms with Gasteiger partial charge in [-0.25, -0.2) is 9.37 Å². The molecule has 0 saturated carbocycles. The molecule has 5 nitrogen and oxygen atoms in total. The smallest absolute Gasteiger partial charge is 0.225 e. The number of nitrogens with zero attached hydrogens (tertiary/aromatic N) is 3. The number of hydrogen-bond donors (Lipinski definition) is 2. The molecule has 1 saturated heterocycles. The Hall–Kier alpha value is -3.15. The summed E-state index contributed by atoms with van der Waals surface area (Å²) in [5, 5.41) is 6.55. The summed E-state index contributed by atoms with van der Waals surface area (Å²) < 4.78 is 13.0. The van der Waals surface area contributed by atoms with Crippen molar-refractivity contribution in [3.05, 3.63) is 71.7 Å². The van der Waals surface area contributed by atoms with Gasteiger partial charge in [0.25, 0.3) is 0 Å². The predicted octanol–water partition coefficient (Wildman–Crippen LogP) is 4.88. The van der Waals surface area contributed by atoms with Crippen molar-refractivity contribution in [2.75, 3.05) is 28.6 Å². The van der Waals surface area contributed by atoms with E-state index in [0.717, 1.165) is 35.9 Å². The van der Waals surface area contributed by atoms with Crippen molar-refractivity contribution in [1.29, 1.82) is 0 Å². The van der Waals surface area contributed by atoms with Crippen molar-refractivity contribution in [2.45, 2.75) is 26.3 Å². The first-order valence-electron chi connectivity index (χ1n) is 9.62. The molecule has 1 aromatic heterocycles. The van der Waals surface area contributed by atoms with E-state index in [1.165, 1.54) is 30.7 Å². The zero-order valence-electron chi connectivity index (χ0n) is 16.0. The Morgan fingerprint density at radius 1 is 0.964 bits per heavy atom. The first-order valence-corrected chi connectivity index (χ1v) is 9.62. The van der Waals surface area contributed by atoms with E-state index in [2.05, 4.69) is 49.8 Å². The van der Waals surface area contributed by atoms with Gasteiger partial charge in [0, 0.05) is 42.8 Å². The molecule has 1 fully saturated rings. The van der Waals surface area contributed by atoms with Gasteiger partial charge in [0.2, 0.25) is 5.95 Å². The molecule has 2 N–H and O–H groups in total. The van der Waals surface area contributed by atoms with Crippen LogP contribution >= 0.6 is 0 Å². The predicted molar refractivity (Wildman–Crippen MR) is 112 cm³/mol. The van der Waals surface area contributed by atoms with Gasteiger partial charge in [0.05, 0.1) is 0 Å². The van der Waals surface area contributed by atoms with Crippen LogP contribution in [0.5, 0.6) is 0 Å². The molecule has 1 aliphatic heterocycles. The summed E-state index contributed by atoms with van der Waals surface area (Å²) in [4.78, 5) is 11.4. The van der Waals surface area contributed by atoms with Gasteiger partial charge in [-0.15, -0.1) is 0 Å². The van der Waals surface area contributed by atoms with Crippen LogP contribution in [-0.4, -0.2) is 23.1 Å². The van der Waals surface area contributed by atoms with Crippen LogP contribution in [-0.2, 0) is 6.54 Å². The van der Waals surface area contributed by atoms with Gasteiger partial charge in [-0.2, -0.15) is 4.98 Å². The summed E-state index contributed by atoms with van der Waals surface area (Å²) in [5.41, 5.74) is 4.10. The van der Waals surface area contributed by atoms with Gasteiger partial charge >= 0.3 is 0 Å². The highest BCUT2D eigenvalue weighted by molar-refractivity contribution is 5.61. The first kappa shape index (κ1) is 18.2. The third-order valence-corrected chi connectivity index (χ3v) is 4.83. The van der Waals surface area contributed by atoms with Crippen LogP contribution in [0.2, 0.25) is 0 Å². The number of hydrogen-bond acceptors (Lipinski definition) is 5. The highest BCUT2D eigenvalue weighted by Gasteiger charge is 2.12. The van der Waals surface area contributed by atoms with Gasteiger partial charge in [-0.3, -0.25) is 0 Å². The van der Waals surface area contributed by atoms with Crippen LogP contribution < -0.4 is 15.5 Å². The highest BCUT2D eigenvalue weighted by atomic mass is 19.1. The minimum Gasteiger partial charge on any atom is -0.372 e. The number of aromatic nitrogens is 2. The van der Waals surface area contributed by atoms with Crippen LogP contribution in [0.25, 0.3) is 0 Å². The Labute approximate surface area is 164 Å². The molecule has 0 aliphatic carbocycles. The number of anilines is 4. The van der Waals surface area contributed by atoms with Crippen molar-refractivity contribution >= 4 is 23.1 Å². The maximum Gasteiger partial charge on any atom is 0.225 e. The van der Waals surface area contributed by atoms with E-state index in [0.29, 0.717) is 12.5 Å². The van der Waals surface area contributed by atoms with E-state index in [-0.39, 0.29) is 5.82 Å². The summed E-state index contributed by atoms with van der Waals surface area (Å²) in [5.74, 6) is 1.04. The number of halogens is 1. The van der Waals surface area contributed by atoms with E-state index >= 15 is 0 Å². The van der Waals surface area contributed by atoms with Crippen molar-refractivity contribution in [1.82, 2.24) is 9.97 Å². The van der Waals surface area contributed by atoms with Crippen LogP contribution in [0.15, 0.2) is 54.6 Å². The average Bonchev–Trinajstić information content (AvgIpc) is 3.23. The van der Waals surface area contributed by atoms with E-state index in [1.807, 2.05) is 13.0 Å². The lowest BCUT2D eigenvalue weighted by Gasteiger charge is -2.18. The Morgan fingerprint density at radius 3 is 2.39 bits per heavy atom. The Morgan fingerprint density at radius 2 is 1.68 bits per heavy atom. The van der Waals surface area contributed by atoms with E-state index in [1.54, 1.807) is 12.1 Å². The SMILES string of the molecule is Cc1cc(Nc2ccc(N3CCCC3)cc2)nc(NCc2ccc(F)cc2)n1. The normalized spacial score (nSPS) is 13.6. The second-order valence-corrected chi connectivity index (χ2v) is 7.06. The zero-order valence-corrected chi connectivity index (χ0v) is 16.0. The largest absolute Gasteiger partial charge is 0.372 e. The molecule has 0 spiro atoms. The van der Waals surface area contributed by atoms with Crippen molar-refractivity contribution < 1.29 is 4.39 Å². The maximum absolute atomic E-state index is 13.0. The van der Waals surface area contributed by atoms with E-state index in [9.17, 15) is 4.39 Å². The van der Waals surface area contributed by atoms with Gasteiger partial charge in [0.1, 0.15) is 11.6 Å². The van der Waals surface area contributed by atoms with Crippen LogP contribution in [0.1, 0.15) is 24.1 Å². The number of rotatable bonds is 6. The fraction of sp³-hybridized carbons (Fsp3) is 0.273. The molecule has 0 atom stereocenters. The second-order valence-electron chi connectivity index (χ2n) is 7.06. The van der Waals surface area contributed by atoms with Gasteiger partial charge in [-0.05, 0) is 61.7 Å². The molecule has 4 rings (SSSR count). The molecule has 0 amide bonds.